The van der Waals surface area contributed by atoms with Crippen molar-refractivity contribution >= 4 is 23.4 Å². The molecule has 1 aliphatic rings. The molecular weight excluding hydrogens is 519 g/mol. The molecule has 0 unspecified atom stereocenters. The summed E-state index contributed by atoms with van der Waals surface area (Å²) in [5, 5.41) is 12.9. The van der Waals surface area contributed by atoms with E-state index in [4.69, 9.17) is 19.4 Å². The fourth-order valence-corrected chi connectivity index (χ4v) is 5.40. The van der Waals surface area contributed by atoms with E-state index >= 15 is 0 Å². The molecule has 1 aliphatic heterocycles. The van der Waals surface area contributed by atoms with E-state index in [-0.39, 0.29) is 18.3 Å². The lowest BCUT2D eigenvalue weighted by molar-refractivity contribution is -0.115. The van der Waals surface area contributed by atoms with Crippen LogP contribution in [0.15, 0.2) is 59.8 Å². The first-order valence-electron chi connectivity index (χ1n) is 12.4. The molecule has 39 heavy (non-hydrogen) atoms. The Balaban J connectivity index is 1.57. The fourth-order valence-electron chi connectivity index (χ4n) is 4.35. The smallest absolute Gasteiger partial charge is 0.237 e. The van der Waals surface area contributed by atoms with Crippen LogP contribution in [0.25, 0.3) is 11.4 Å². The molecule has 0 aliphatic carbocycles. The van der Waals surface area contributed by atoms with Gasteiger partial charge in [0.1, 0.15) is 16.6 Å². The van der Waals surface area contributed by atoms with Gasteiger partial charge >= 0.3 is 0 Å². The largest absolute Gasteiger partial charge is 0.496 e. The minimum Gasteiger partial charge on any atom is -0.496 e. The van der Waals surface area contributed by atoms with Crippen LogP contribution < -0.4 is 14.8 Å². The molecule has 1 atom stereocenters. The van der Waals surface area contributed by atoms with Crippen LogP contribution in [0.4, 0.5) is 10.1 Å². The predicted octanol–water partition coefficient (Wildman–Crippen LogP) is 5.69. The Kier molecular flexibility index (Phi) is 7.76. The lowest BCUT2D eigenvalue weighted by Crippen LogP contribution is -2.25. The molecule has 2 aromatic carbocycles. The number of nitrogens with one attached hydrogen (secondary N) is 1. The van der Waals surface area contributed by atoms with Crippen LogP contribution in [0.2, 0.25) is 0 Å². The van der Waals surface area contributed by atoms with E-state index < -0.39 is 5.25 Å². The standard InChI is InChI=1S/C29H27FN4O4S/c1-4-24(27(36)32-19-11-9-18(30)10-12-19)39-29-22-13-21-17(15-35)14-31-16(2)25(21)38-28(22)33-26(34-29)20-7-5-6-8-23(20)37-3/h5-12,14,24,35H,4,13,15H2,1-3H3,(H,32,36)/t24-/m1/s1. The van der Waals surface area contributed by atoms with Crippen molar-refractivity contribution in [3.63, 3.8) is 0 Å². The lowest BCUT2D eigenvalue weighted by Gasteiger charge is -2.25. The van der Waals surface area contributed by atoms with Gasteiger partial charge in [-0.25, -0.2) is 9.37 Å². The normalized spacial score (nSPS) is 12.6. The van der Waals surface area contributed by atoms with Crippen molar-refractivity contribution < 1.29 is 23.8 Å². The highest BCUT2D eigenvalue weighted by Gasteiger charge is 2.30. The zero-order valence-electron chi connectivity index (χ0n) is 21.7. The van der Waals surface area contributed by atoms with Crippen LogP contribution >= 0.6 is 11.8 Å². The summed E-state index contributed by atoms with van der Waals surface area (Å²) >= 11 is 1.31. The SMILES string of the molecule is CC[C@@H](Sc1nc(-c2ccccc2OC)nc2c1Cc1c(CO)cnc(C)c1O2)C(=O)Nc1ccc(F)cc1. The highest BCUT2D eigenvalue weighted by Crippen LogP contribution is 2.44. The number of aryl methyl sites for hydroxylation is 1. The molecule has 0 spiro atoms. The Morgan fingerprint density at radius 2 is 1.95 bits per heavy atom. The summed E-state index contributed by atoms with van der Waals surface area (Å²) in [4.78, 5) is 27.2. The third kappa shape index (κ3) is 5.43. The first kappa shape index (κ1) is 26.6. The Labute approximate surface area is 229 Å². The maximum Gasteiger partial charge on any atom is 0.237 e. The molecule has 4 aromatic rings. The number of fused-ring (bicyclic) bond motifs is 2. The Bertz CT molecular complexity index is 1530. The number of rotatable bonds is 8. The summed E-state index contributed by atoms with van der Waals surface area (Å²) in [5.74, 6) is 1.33. The number of hydrogen-bond acceptors (Lipinski definition) is 8. The molecule has 3 heterocycles. The predicted molar refractivity (Wildman–Crippen MR) is 147 cm³/mol. The number of benzene rings is 2. The van der Waals surface area contributed by atoms with Crippen LogP contribution in [0.1, 0.15) is 35.7 Å². The number of aliphatic hydroxyl groups is 1. The second-order valence-corrected chi connectivity index (χ2v) is 10.2. The quantitative estimate of drug-likeness (QED) is 0.189. The van der Waals surface area contributed by atoms with Gasteiger partial charge in [-0.1, -0.05) is 30.8 Å². The minimum absolute atomic E-state index is 0.186. The second kappa shape index (κ2) is 11.4. The average molecular weight is 547 g/mol. The van der Waals surface area contributed by atoms with Crippen LogP contribution in [0, 0.1) is 12.7 Å². The van der Waals surface area contributed by atoms with E-state index in [2.05, 4.69) is 10.3 Å². The van der Waals surface area contributed by atoms with Crippen molar-refractivity contribution in [2.75, 3.05) is 12.4 Å². The van der Waals surface area contributed by atoms with Gasteiger partial charge in [0.15, 0.2) is 11.6 Å². The molecule has 0 radical (unpaired) electrons. The molecule has 10 heteroatoms. The average Bonchev–Trinajstić information content (AvgIpc) is 2.96. The van der Waals surface area contributed by atoms with Crippen LogP contribution in [0.3, 0.4) is 0 Å². The van der Waals surface area contributed by atoms with Gasteiger partial charge in [-0.2, -0.15) is 4.98 Å². The van der Waals surface area contributed by atoms with Gasteiger partial charge in [0.2, 0.25) is 11.8 Å². The van der Waals surface area contributed by atoms with Crippen molar-refractivity contribution in [3.8, 4) is 28.8 Å². The Morgan fingerprint density at radius 1 is 1.18 bits per heavy atom. The van der Waals surface area contributed by atoms with Gasteiger partial charge in [-0.15, -0.1) is 0 Å². The Morgan fingerprint density at radius 3 is 2.67 bits per heavy atom. The van der Waals surface area contributed by atoms with E-state index in [9.17, 15) is 14.3 Å². The number of carbonyl (C=O) groups is 1. The van der Waals surface area contributed by atoms with Crippen molar-refractivity contribution in [1.82, 2.24) is 15.0 Å². The maximum atomic E-state index is 13.3. The summed E-state index contributed by atoms with van der Waals surface area (Å²) < 4.78 is 25.2. The summed E-state index contributed by atoms with van der Waals surface area (Å²) in [7, 11) is 1.58. The van der Waals surface area contributed by atoms with E-state index in [1.165, 1.54) is 36.0 Å². The molecule has 1 amide bonds. The number of methoxy groups -OCH3 is 1. The van der Waals surface area contributed by atoms with Gasteiger partial charge in [0.25, 0.3) is 0 Å². The molecule has 200 valence electrons. The zero-order chi connectivity index (χ0) is 27.5. The Hall–Kier alpha value is -4.02. The van der Waals surface area contributed by atoms with E-state index in [0.29, 0.717) is 63.6 Å². The molecule has 0 fully saturated rings. The molecule has 2 aromatic heterocycles. The van der Waals surface area contributed by atoms with E-state index in [1.807, 2.05) is 38.1 Å². The summed E-state index contributed by atoms with van der Waals surface area (Å²) in [5.41, 5.74) is 4.07. The molecule has 5 rings (SSSR count). The number of ether oxygens (including phenoxy) is 2. The number of aromatic nitrogens is 3. The number of halogens is 1. The molecule has 2 N–H and O–H groups in total. The number of thioether (sulfide) groups is 1. The van der Waals surface area contributed by atoms with Gasteiger partial charge in [0, 0.05) is 29.4 Å². The number of aliphatic hydroxyl groups excluding tert-OH is 1. The summed E-state index contributed by atoms with van der Waals surface area (Å²) in [6, 6.07) is 13.1. The monoisotopic (exact) mass is 546 g/mol. The van der Waals surface area contributed by atoms with Gasteiger partial charge in [-0.05, 0) is 49.7 Å². The lowest BCUT2D eigenvalue weighted by atomic mass is 9.99. The first-order chi connectivity index (χ1) is 18.9. The number of hydrogen-bond donors (Lipinski definition) is 2. The number of nitrogens with zero attached hydrogens (tertiary/aromatic N) is 3. The van der Waals surface area contributed by atoms with Gasteiger partial charge in [0.05, 0.1) is 35.8 Å². The van der Waals surface area contributed by atoms with Crippen LogP contribution in [-0.2, 0) is 17.8 Å². The third-order valence-corrected chi connectivity index (χ3v) is 7.83. The maximum absolute atomic E-state index is 13.3. The fraction of sp³-hybridized carbons (Fsp3) is 0.241. The number of anilines is 1. The van der Waals surface area contributed by atoms with E-state index in [0.717, 1.165) is 11.1 Å². The van der Waals surface area contributed by atoms with Crippen LogP contribution in [0.5, 0.6) is 17.4 Å². The highest BCUT2D eigenvalue weighted by molar-refractivity contribution is 8.00. The number of carbonyl (C=O) groups excluding carboxylic acids is 1. The second-order valence-electron chi connectivity index (χ2n) is 8.96. The van der Waals surface area contributed by atoms with Crippen molar-refractivity contribution in [1.29, 1.82) is 0 Å². The van der Waals surface area contributed by atoms with Crippen LogP contribution in [-0.4, -0.2) is 38.3 Å². The molecule has 0 saturated heterocycles. The summed E-state index contributed by atoms with van der Waals surface area (Å²) in [6.07, 6.45) is 2.57. The highest BCUT2D eigenvalue weighted by atomic mass is 32.2. The van der Waals surface area contributed by atoms with Gasteiger partial charge < -0.3 is 19.9 Å². The topological polar surface area (TPSA) is 106 Å². The first-order valence-corrected chi connectivity index (χ1v) is 13.3. The van der Waals surface area contributed by atoms with Crippen molar-refractivity contribution in [3.05, 3.63) is 82.9 Å². The molecule has 0 saturated carbocycles. The minimum atomic E-state index is -0.502. The van der Waals surface area contributed by atoms with Crippen molar-refractivity contribution in [2.45, 2.75) is 43.6 Å². The van der Waals surface area contributed by atoms with E-state index in [1.54, 1.807) is 13.3 Å². The number of pyridine rings is 1. The number of amides is 1. The molecule has 8 nitrogen and oxygen atoms in total. The summed E-state index contributed by atoms with van der Waals surface area (Å²) in [6.45, 7) is 3.58. The molecular formula is C29H27FN4O4S. The third-order valence-electron chi connectivity index (χ3n) is 6.43. The molecule has 0 bridgehead atoms. The number of para-hydroxylation sites is 1. The van der Waals surface area contributed by atoms with Crippen molar-refractivity contribution in [2.24, 2.45) is 0 Å². The van der Waals surface area contributed by atoms with Gasteiger partial charge in [-0.3, -0.25) is 9.78 Å². The zero-order valence-corrected chi connectivity index (χ0v) is 22.5.